The summed E-state index contributed by atoms with van der Waals surface area (Å²) in [6.45, 7) is 8.47. The summed E-state index contributed by atoms with van der Waals surface area (Å²) in [6, 6.07) is 10.3. The van der Waals surface area contributed by atoms with Gasteiger partial charge < -0.3 is 10.1 Å². The van der Waals surface area contributed by atoms with Crippen LogP contribution in [0.2, 0.25) is 5.02 Å². The van der Waals surface area contributed by atoms with Crippen LogP contribution in [0.3, 0.4) is 0 Å². The smallest absolute Gasteiger partial charge is 0.412 e. The van der Waals surface area contributed by atoms with Crippen molar-refractivity contribution in [1.29, 1.82) is 5.26 Å². The van der Waals surface area contributed by atoms with Crippen LogP contribution in [-0.2, 0) is 10.2 Å². The van der Waals surface area contributed by atoms with Crippen molar-refractivity contribution in [3.63, 3.8) is 0 Å². The van der Waals surface area contributed by atoms with Gasteiger partial charge in [0, 0.05) is 11.3 Å². The molecule has 2 amide bonds. The van der Waals surface area contributed by atoms with Crippen molar-refractivity contribution in [2.24, 2.45) is 0 Å². The number of halogens is 2. The number of nitrogens with one attached hydrogen (secondary N) is 2. The quantitative estimate of drug-likeness (QED) is 0.632. The van der Waals surface area contributed by atoms with Gasteiger partial charge in [0.05, 0.1) is 22.2 Å². The Morgan fingerprint density at radius 2 is 1.73 bits per heavy atom. The van der Waals surface area contributed by atoms with E-state index < -0.39 is 28.8 Å². The molecule has 0 aliphatic heterocycles. The number of benzene rings is 2. The molecule has 8 heteroatoms. The van der Waals surface area contributed by atoms with Gasteiger partial charge in [-0.05, 0) is 76.6 Å². The van der Waals surface area contributed by atoms with Crippen LogP contribution in [-0.4, -0.2) is 17.6 Å². The van der Waals surface area contributed by atoms with Crippen LogP contribution in [0, 0.1) is 17.1 Å². The largest absolute Gasteiger partial charge is 0.444 e. The van der Waals surface area contributed by atoms with Crippen LogP contribution in [0.5, 0.6) is 0 Å². The first-order chi connectivity index (χ1) is 13.8. The lowest BCUT2D eigenvalue weighted by Gasteiger charge is -2.20. The van der Waals surface area contributed by atoms with Crippen molar-refractivity contribution in [2.45, 2.75) is 45.6 Å². The Morgan fingerprint density at radius 3 is 2.33 bits per heavy atom. The van der Waals surface area contributed by atoms with Gasteiger partial charge in [-0.1, -0.05) is 11.6 Å². The molecule has 2 aromatic carbocycles. The lowest BCUT2D eigenvalue weighted by Crippen LogP contribution is -2.27. The molecule has 30 heavy (non-hydrogen) atoms. The van der Waals surface area contributed by atoms with Gasteiger partial charge in [-0.3, -0.25) is 10.1 Å². The van der Waals surface area contributed by atoms with E-state index in [-0.39, 0.29) is 16.3 Å². The molecule has 158 valence electrons. The molecular weight excluding hydrogens is 409 g/mol. The number of nitrogens with zero attached hydrogens (tertiary/aromatic N) is 1. The van der Waals surface area contributed by atoms with E-state index in [4.69, 9.17) is 16.3 Å². The molecule has 6 nitrogen and oxygen atoms in total. The molecule has 0 saturated carbocycles. The Labute approximate surface area is 180 Å². The van der Waals surface area contributed by atoms with E-state index in [2.05, 4.69) is 16.7 Å². The molecule has 0 unspecified atom stereocenters. The molecule has 0 fully saturated rings. The Morgan fingerprint density at radius 1 is 1.07 bits per heavy atom. The minimum atomic E-state index is -0.966. The van der Waals surface area contributed by atoms with Crippen molar-refractivity contribution in [1.82, 2.24) is 0 Å². The maximum atomic E-state index is 14.0. The van der Waals surface area contributed by atoms with Crippen LogP contribution in [0.15, 0.2) is 36.4 Å². The average Bonchev–Trinajstić information content (AvgIpc) is 2.62. The van der Waals surface area contributed by atoms with Crippen LogP contribution in [0.4, 0.5) is 20.6 Å². The van der Waals surface area contributed by atoms with E-state index in [0.29, 0.717) is 11.3 Å². The molecule has 0 aliphatic carbocycles. The fourth-order valence-corrected chi connectivity index (χ4v) is 2.63. The molecular formula is C22H23ClFN3O3. The number of hydrogen-bond donors (Lipinski definition) is 2. The van der Waals surface area contributed by atoms with E-state index in [1.807, 2.05) is 0 Å². The number of rotatable bonds is 4. The third kappa shape index (κ3) is 6.19. The first kappa shape index (κ1) is 23.2. The highest BCUT2D eigenvalue weighted by Gasteiger charge is 2.23. The predicted molar refractivity (Wildman–Crippen MR) is 114 cm³/mol. The van der Waals surface area contributed by atoms with Crippen LogP contribution >= 0.6 is 11.6 Å². The number of carbonyl (C=O) groups excluding carboxylic acids is 2. The van der Waals surface area contributed by atoms with Crippen molar-refractivity contribution in [2.75, 3.05) is 10.6 Å². The second kappa shape index (κ2) is 8.72. The van der Waals surface area contributed by atoms with E-state index >= 15 is 0 Å². The zero-order chi connectivity index (χ0) is 22.7. The highest BCUT2D eigenvalue weighted by Crippen LogP contribution is 2.28. The second-order valence-electron chi connectivity index (χ2n) is 8.24. The van der Waals surface area contributed by atoms with Crippen LogP contribution in [0.1, 0.15) is 50.5 Å². The Hall–Kier alpha value is -3.11. The normalized spacial score (nSPS) is 11.4. The van der Waals surface area contributed by atoms with Gasteiger partial charge in [0.15, 0.2) is 0 Å². The number of amides is 2. The van der Waals surface area contributed by atoms with Gasteiger partial charge in [0.2, 0.25) is 0 Å². The van der Waals surface area contributed by atoms with E-state index in [0.717, 1.165) is 6.07 Å². The van der Waals surface area contributed by atoms with Gasteiger partial charge in [-0.2, -0.15) is 5.26 Å². The van der Waals surface area contributed by atoms with Gasteiger partial charge in [0.1, 0.15) is 11.4 Å². The first-order valence-electron chi connectivity index (χ1n) is 9.14. The summed E-state index contributed by atoms with van der Waals surface area (Å²) in [4.78, 5) is 24.6. The highest BCUT2D eigenvalue weighted by molar-refractivity contribution is 6.34. The molecule has 0 aromatic heterocycles. The fraction of sp³-hybridized carbons (Fsp3) is 0.318. The lowest BCUT2D eigenvalue weighted by molar-refractivity contribution is 0.0636. The minimum absolute atomic E-state index is 0.0369. The molecule has 2 rings (SSSR count). The SMILES string of the molecule is CC(C)(C)OC(=O)Nc1ccc(Cl)c(NC(=O)c2cc(F)cc(C(C)(C)C#N)c2)c1. The standard InChI is InChI=1S/C22H23ClFN3O3/c1-21(2,3)30-20(29)26-16-6-7-17(23)18(11-16)27-19(28)13-8-14(10-15(24)9-13)22(4,5)12-25/h6-11H,1-5H3,(H,26,29)(H,27,28). The number of ether oxygens (including phenoxy) is 1. The number of carbonyl (C=O) groups is 2. The van der Waals surface area contributed by atoms with E-state index in [9.17, 15) is 19.2 Å². The fourth-order valence-electron chi connectivity index (χ4n) is 2.46. The monoisotopic (exact) mass is 431 g/mol. The zero-order valence-corrected chi connectivity index (χ0v) is 18.1. The van der Waals surface area contributed by atoms with Crippen molar-refractivity contribution < 1.29 is 18.7 Å². The van der Waals surface area contributed by atoms with Gasteiger partial charge in [0.25, 0.3) is 5.91 Å². The third-order valence-electron chi connectivity index (χ3n) is 4.02. The highest BCUT2D eigenvalue weighted by atomic mass is 35.5. The second-order valence-corrected chi connectivity index (χ2v) is 8.65. The van der Waals surface area contributed by atoms with Crippen LogP contribution in [0.25, 0.3) is 0 Å². The summed E-state index contributed by atoms with van der Waals surface area (Å²) in [6.07, 6.45) is -0.657. The predicted octanol–water partition coefficient (Wildman–Crippen LogP) is 5.88. The Bertz CT molecular complexity index is 1020. The molecule has 0 bridgehead atoms. The molecule has 0 aliphatic rings. The summed E-state index contributed by atoms with van der Waals surface area (Å²) >= 11 is 6.15. The van der Waals surface area contributed by atoms with E-state index in [1.54, 1.807) is 40.7 Å². The van der Waals surface area contributed by atoms with Gasteiger partial charge in [-0.15, -0.1) is 0 Å². The molecule has 2 aromatic rings. The third-order valence-corrected chi connectivity index (χ3v) is 4.35. The molecule has 0 saturated heterocycles. The zero-order valence-electron chi connectivity index (χ0n) is 17.4. The summed E-state index contributed by atoms with van der Waals surface area (Å²) in [7, 11) is 0. The molecule has 2 N–H and O–H groups in total. The lowest BCUT2D eigenvalue weighted by atomic mass is 9.85. The number of nitriles is 1. The van der Waals surface area contributed by atoms with Gasteiger partial charge in [-0.25, -0.2) is 9.18 Å². The molecule has 0 heterocycles. The summed E-state index contributed by atoms with van der Waals surface area (Å²) in [5, 5.41) is 14.7. The maximum absolute atomic E-state index is 14.0. The average molecular weight is 432 g/mol. The Balaban J connectivity index is 2.25. The number of anilines is 2. The molecule has 0 spiro atoms. The Kier molecular flexibility index (Phi) is 6.73. The summed E-state index contributed by atoms with van der Waals surface area (Å²) in [5.41, 5.74) is -0.641. The number of hydrogen-bond acceptors (Lipinski definition) is 4. The van der Waals surface area contributed by atoms with E-state index in [1.165, 1.54) is 24.3 Å². The minimum Gasteiger partial charge on any atom is -0.444 e. The van der Waals surface area contributed by atoms with Gasteiger partial charge >= 0.3 is 6.09 Å². The van der Waals surface area contributed by atoms with Crippen molar-refractivity contribution >= 4 is 35.0 Å². The van der Waals surface area contributed by atoms with Crippen molar-refractivity contribution in [3.05, 3.63) is 58.4 Å². The first-order valence-corrected chi connectivity index (χ1v) is 9.52. The van der Waals surface area contributed by atoms with Crippen molar-refractivity contribution in [3.8, 4) is 6.07 Å². The topological polar surface area (TPSA) is 91.2 Å². The van der Waals surface area contributed by atoms with Crippen LogP contribution < -0.4 is 10.6 Å². The molecule has 0 atom stereocenters. The summed E-state index contributed by atoms with van der Waals surface area (Å²) < 4.78 is 19.2. The molecule has 0 radical (unpaired) electrons. The maximum Gasteiger partial charge on any atom is 0.412 e. The summed E-state index contributed by atoms with van der Waals surface area (Å²) in [5.74, 6) is -1.24.